The number of fused-ring (bicyclic) bond motifs is 1. The Balaban J connectivity index is 2.16. The SMILES string of the molecule is COc1ccc2c(c1)[nH]c(=S)n2C1CCCCC1(C)C. The molecule has 0 radical (unpaired) electrons. The highest BCUT2D eigenvalue weighted by Crippen LogP contribution is 2.45. The van der Waals surface area contributed by atoms with Crippen molar-refractivity contribution >= 4 is 23.3 Å². The molecule has 0 aliphatic heterocycles. The van der Waals surface area contributed by atoms with E-state index in [0.29, 0.717) is 11.5 Å². The molecular formula is C16H22N2OS. The molecular weight excluding hydrogens is 268 g/mol. The minimum atomic E-state index is 0.297. The normalized spacial score (nSPS) is 22.1. The summed E-state index contributed by atoms with van der Waals surface area (Å²) < 4.78 is 8.44. The van der Waals surface area contributed by atoms with E-state index in [9.17, 15) is 0 Å². The molecule has 1 saturated carbocycles. The molecule has 2 aromatic rings. The molecule has 20 heavy (non-hydrogen) atoms. The van der Waals surface area contributed by atoms with Gasteiger partial charge >= 0.3 is 0 Å². The van der Waals surface area contributed by atoms with Crippen LogP contribution in [0, 0.1) is 10.2 Å². The van der Waals surface area contributed by atoms with E-state index >= 15 is 0 Å². The Labute approximate surface area is 125 Å². The van der Waals surface area contributed by atoms with Crippen LogP contribution in [0.4, 0.5) is 0 Å². The molecule has 0 amide bonds. The van der Waals surface area contributed by atoms with Gasteiger partial charge in [-0.2, -0.15) is 0 Å². The maximum Gasteiger partial charge on any atom is 0.178 e. The van der Waals surface area contributed by atoms with Crippen LogP contribution < -0.4 is 4.74 Å². The highest BCUT2D eigenvalue weighted by Gasteiger charge is 2.34. The predicted molar refractivity (Wildman–Crippen MR) is 85.0 cm³/mol. The maximum atomic E-state index is 5.58. The fourth-order valence-electron chi connectivity index (χ4n) is 3.50. The van der Waals surface area contributed by atoms with Gasteiger partial charge in [0.25, 0.3) is 0 Å². The number of hydrogen-bond donors (Lipinski definition) is 1. The van der Waals surface area contributed by atoms with Gasteiger partial charge in [-0.3, -0.25) is 0 Å². The average Bonchev–Trinajstić information content (AvgIpc) is 2.73. The number of ether oxygens (including phenoxy) is 1. The van der Waals surface area contributed by atoms with Crippen molar-refractivity contribution in [3.05, 3.63) is 23.0 Å². The summed E-state index contributed by atoms with van der Waals surface area (Å²) in [5.74, 6) is 0.865. The first-order valence-electron chi connectivity index (χ1n) is 7.31. The number of nitrogens with zero attached hydrogens (tertiary/aromatic N) is 1. The van der Waals surface area contributed by atoms with Crippen LogP contribution in [0.25, 0.3) is 11.0 Å². The van der Waals surface area contributed by atoms with Gasteiger partial charge in [0.2, 0.25) is 0 Å². The molecule has 1 fully saturated rings. The highest BCUT2D eigenvalue weighted by molar-refractivity contribution is 7.71. The van der Waals surface area contributed by atoms with E-state index in [1.807, 2.05) is 12.1 Å². The quantitative estimate of drug-likeness (QED) is 0.801. The monoisotopic (exact) mass is 290 g/mol. The van der Waals surface area contributed by atoms with Crippen molar-refractivity contribution in [2.75, 3.05) is 7.11 Å². The number of hydrogen-bond acceptors (Lipinski definition) is 2. The minimum absolute atomic E-state index is 0.297. The Morgan fingerprint density at radius 2 is 2.15 bits per heavy atom. The van der Waals surface area contributed by atoms with Gasteiger partial charge in [0, 0.05) is 12.1 Å². The van der Waals surface area contributed by atoms with Gasteiger partial charge in [-0.1, -0.05) is 26.7 Å². The van der Waals surface area contributed by atoms with E-state index in [4.69, 9.17) is 17.0 Å². The Morgan fingerprint density at radius 3 is 2.85 bits per heavy atom. The number of imidazole rings is 1. The molecule has 1 atom stereocenters. The molecule has 3 rings (SSSR count). The molecule has 1 N–H and O–H groups in total. The van der Waals surface area contributed by atoms with Crippen molar-refractivity contribution < 1.29 is 4.74 Å². The van der Waals surface area contributed by atoms with E-state index in [2.05, 4.69) is 29.5 Å². The van der Waals surface area contributed by atoms with Gasteiger partial charge in [-0.25, -0.2) is 0 Å². The summed E-state index contributed by atoms with van der Waals surface area (Å²) in [7, 11) is 1.69. The molecule has 1 aliphatic rings. The van der Waals surface area contributed by atoms with E-state index < -0.39 is 0 Å². The fraction of sp³-hybridized carbons (Fsp3) is 0.562. The van der Waals surface area contributed by atoms with Crippen molar-refractivity contribution in [3.63, 3.8) is 0 Å². The Morgan fingerprint density at radius 1 is 1.35 bits per heavy atom. The van der Waals surface area contributed by atoms with E-state index in [-0.39, 0.29) is 0 Å². The van der Waals surface area contributed by atoms with Crippen molar-refractivity contribution in [2.24, 2.45) is 5.41 Å². The number of rotatable bonds is 2. The topological polar surface area (TPSA) is 29.9 Å². The van der Waals surface area contributed by atoms with Gasteiger partial charge in [-0.05, 0) is 42.6 Å². The zero-order chi connectivity index (χ0) is 14.3. The van der Waals surface area contributed by atoms with Gasteiger partial charge < -0.3 is 14.3 Å². The first-order valence-corrected chi connectivity index (χ1v) is 7.72. The summed E-state index contributed by atoms with van der Waals surface area (Å²) in [5.41, 5.74) is 2.55. The summed E-state index contributed by atoms with van der Waals surface area (Å²) in [5, 5.41) is 0. The number of benzene rings is 1. The highest BCUT2D eigenvalue weighted by atomic mass is 32.1. The Hall–Kier alpha value is -1.29. The molecule has 1 aliphatic carbocycles. The third kappa shape index (κ3) is 2.16. The lowest BCUT2D eigenvalue weighted by Crippen LogP contribution is -2.30. The smallest absolute Gasteiger partial charge is 0.178 e. The summed E-state index contributed by atoms with van der Waals surface area (Å²) in [6.07, 6.45) is 5.09. The lowest BCUT2D eigenvalue weighted by atomic mass is 9.73. The predicted octanol–water partition coefficient (Wildman–Crippen LogP) is 4.85. The average molecular weight is 290 g/mol. The van der Waals surface area contributed by atoms with Gasteiger partial charge in [0.1, 0.15) is 5.75 Å². The minimum Gasteiger partial charge on any atom is -0.497 e. The molecule has 1 aromatic heterocycles. The van der Waals surface area contributed by atoms with Crippen molar-refractivity contribution in [1.82, 2.24) is 9.55 Å². The second-order valence-electron chi connectivity index (χ2n) is 6.43. The first-order chi connectivity index (χ1) is 9.53. The van der Waals surface area contributed by atoms with Crippen LogP contribution >= 0.6 is 12.2 Å². The molecule has 3 nitrogen and oxygen atoms in total. The van der Waals surface area contributed by atoms with E-state index in [0.717, 1.165) is 16.0 Å². The molecule has 4 heteroatoms. The van der Waals surface area contributed by atoms with Gasteiger partial charge in [0.15, 0.2) is 4.77 Å². The zero-order valence-electron chi connectivity index (χ0n) is 12.4. The summed E-state index contributed by atoms with van der Waals surface area (Å²) in [6.45, 7) is 4.72. The van der Waals surface area contributed by atoms with Crippen LogP contribution in [-0.4, -0.2) is 16.7 Å². The second-order valence-corrected chi connectivity index (χ2v) is 6.82. The van der Waals surface area contributed by atoms with Crippen LogP contribution in [0.15, 0.2) is 18.2 Å². The third-order valence-electron chi connectivity index (χ3n) is 4.69. The lowest BCUT2D eigenvalue weighted by Gasteiger charge is -2.39. The van der Waals surface area contributed by atoms with E-state index in [1.54, 1.807) is 7.11 Å². The van der Waals surface area contributed by atoms with Crippen LogP contribution in [0.3, 0.4) is 0 Å². The molecule has 108 valence electrons. The molecule has 1 aromatic carbocycles. The van der Waals surface area contributed by atoms with Crippen molar-refractivity contribution in [3.8, 4) is 5.75 Å². The number of aromatic nitrogens is 2. The molecule has 0 saturated heterocycles. The van der Waals surface area contributed by atoms with Crippen LogP contribution in [0.2, 0.25) is 0 Å². The summed E-state index contributed by atoms with van der Waals surface area (Å²) >= 11 is 5.58. The standard InChI is InChI=1S/C16H22N2OS/c1-16(2)9-5-4-6-14(16)18-13-8-7-11(19-3)10-12(13)17-15(18)20/h7-8,10,14H,4-6,9H2,1-3H3,(H,17,20). The number of H-pyrrole nitrogens is 1. The molecule has 0 bridgehead atoms. The van der Waals surface area contributed by atoms with Crippen LogP contribution in [-0.2, 0) is 0 Å². The van der Waals surface area contributed by atoms with Crippen molar-refractivity contribution in [2.45, 2.75) is 45.6 Å². The fourth-order valence-corrected chi connectivity index (χ4v) is 3.84. The largest absolute Gasteiger partial charge is 0.497 e. The first kappa shape index (κ1) is 13.7. The molecule has 1 unspecified atom stereocenters. The van der Waals surface area contributed by atoms with Crippen LogP contribution in [0.1, 0.15) is 45.6 Å². The summed E-state index contributed by atoms with van der Waals surface area (Å²) in [6, 6.07) is 6.63. The summed E-state index contributed by atoms with van der Waals surface area (Å²) in [4.78, 5) is 3.33. The van der Waals surface area contributed by atoms with Crippen LogP contribution in [0.5, 0.6) is 5.75 Å². The van der Waals surface area contributed by atoms with E-state index in [1.165, 1.54) is 31.2 Å². The van der Waals surface area contributed by atoms with Gasteiger partial charge in [-0.15, -0.1) is 0 Å². The Bertz CT molecular complexity index is 683. The Kier molecular flexibility index (Phi) is 3.36. The second kappa shape index (κ2) is 4.92. The molecule has 1 heterocycles. The maximum absolute atomic E-state index is 5.58. The third-order valence-corrected chi connectivity index (χ3v) is 4.98. The number of nitrogens with one attached hydrogen (secondary N) is 1. The molecule has 0 spiro atoms. The van der Waals surface area contributed by atoms with Crippen molar-refractivity contribution in [1.29, 1.82) is 0 Å². The number of aromatic amines is 1. The lowest BCUT2D eigenvalue weighted by molar-refractivity contribution is 0.146. The van der Waals surface area contributed by atoms with Gasteiger partial charge in [0.05, 0.1) is 18.1 Å². The zero-order valence-corrected chi connectivity index (χ0v) is 13.2. The number of methoxy groups -OCH3 is 1.